The Bertz CT molecular complexity index is 443. The van der Waals surface area contributed by atoms with E-state index in [1.807, 2.05) is 0 Å². The fourth-order valence-corrected chi connectivity index (χ4v) is 1.40. The van der Waals surface area contributed by atoms with Gasteiger partial charge in [-0.2, -0.15) is 5.26 Å². The first kappa shape index (κ1) is 10.6. The first-order chi connectivity index (χ1) is 6.55. The summed E-state index contributed by atoms with van der Waals surface area (Å²) in [6.07, 6.45) is 1.47. The lowest BCUT2D eigenvalue weighted by Gasteiger charge is -2.01. The summed E-state index contributed by atoms with van der Waals surface area (Å²) in [5.41, 5.74) is 0. The molecule has 0 unspecified atom stereocenters. The van der Waals surface area contributed by atoms with Crippen LogP contribution in [0.15, 0.2) is 6.33 Å². The van der Waals surface area contributed by atoms with Crippen molar-refractivity contribution in [2.24, 2.45) is 7.05 Å². The Labute approximate surface area is 81.4 Å². The molecule has 0 bridgehead atoms. The van der Waals surface area contributed by atoms with Crippen molar-refractivity contribution >= 4 is 10.0 Å². The highest BCUT2D eigenvalue weighted by molar-refractivity contribution is 7.89. The number of nitrogens with zero attached hydrogens (tertiary/aromatic N) is 4. The van der Waals surface area contributed by atoms with Gasteiger partial charge in [-0.05, 0) is 0 Å². The fourth-order valence-electron chi connectivity index (χ4n) is 0.778. The molecular formula is C6H9N5O2S. The van der Waals surface area contributed by atoms with Crippen LogP contribution >= 0.6 is 0 Å². The van der Waals surface area contributed by atoms with Gasteiger partial charge in [0.05, 0.1) is 12.6 Å². The number of rotatable bonds is 4. The average Bonchev–Trinajstić information content (AvgIpc) is 2.48. The molecule has 1 N–H and O–H groups in total. The molecule has 0 saturated carbocycles. The molecule has 1 heterocycles. The van der Waals surface area contributed by atoms with Gasteiger partial charge in [0, 0.05) is 7.05 Å². The maximum Gasteiger partial charge on any atom is 0.225 e. The second kappa shape index (κ2) is 4.17. The second-order valence-electron chi connectivity index (χ2n) is 2.60. The summed E-state index contributed by atoms with van der Waals surface area (Å²) in [4.78, 5) is 0. The minimum atomic E-state index is -3.52. The van der Waals surface area contributed by atoms with E-state index in [1.165, 1.54) is 6.33 Å². The average molecular weight is 215 g/mol. The van der Waals surface area contributed by atoms with E-state index in [0.717, 1.165) is 0 Å². The predicted molar refractivity (Wildman–Crippen MR) is 47.2 cm³/mol. The van der Waals surface area contributed by atoms with Crippen molar-refractivity contribution in [2.75, 3.05) is 5.75 Å². The van der Waals surface area contributed by atoms with Crippen LogP contribution in [0, 0.1) is 11.3 Å². The van der Waals surface area contributed by atoms with Crippen LogP contribution in [0.25, 0.3) is 0 Å². The third-order valence-electron chi connectivity index (χ3n) is 1.51. The summed E-state index contributed by atoms with van der Waals surface area (Å²) in [6, 6.07) is 1.56. The van der Waals surface area contributed by atoms with Gasteiger partial charge in [-0.1, -0.05) is 0 Å². The van der Waals surface area contributed by atoms with E-state index in [4.69, 9.17) is 5.26 Å². The number of hydrogen-bond donors (Lipinski definition) is 1. The maximum absolute atomic E-state index is 11.0. The molecule has 0 aliphatic rings. The summed E-state index contributed by atoms with van der Waals surface area (Å²) >= 11 is 0. The molecule has 1 aromatic heterocycles. The molecular weight excluding hydrogens is 206 g/mol. The molecule has 0 aliphatic carbocycles. The minimum absolute atomic E-state index is 0.0422. The number of aryl methyl sites for hydroxylation is 1. The number of sulfonamides is 1. The van der Waals surface area contributed by atoms with E-state index in [-0.39, 0.29) is 6.54 Å². The monoisotopic (exact) mass is 215 g/mol. The van der Waals surface area contributed by atoms with Crippen LogP contribution in [-0.4, -0.2) is 28.9 Å². The SMILES string of the molecule is Cn1cnnc1CNS(=O)(=O)CC#N. The first-order valence-corrected chi connectivity index (χ1v) is 5.37. The molecule has 76 valence electrons. The van der Waals surface area contributed by atoms with Crippen LogP contribution in [-0.2, 0) is 23.6 Å². The topological polar surface area (TPSA) is 101 Å². The molecule has 0 radical (unpaired) electrons. The quantitative estimate of drug-likeness (QED) is 0.676. The van der Waals surface area contributed by atoms with Gasteiger partial charge in [0.2, 0.25) is 10.0 Å². The van der Waals surface area contributed by atoms with Crippen molar-refractivity contribution in [3.05, 3.63) is 12.2 Å². The van der Waals surface area contributed by atoms with E-state index in [9.17, 15) is 8.42 Å². The zero-order chi connectivity index (χ0) is 10.6. The third-order valence-corrected chi connectivity index (χ3v) is 2.60. The predicted octanol–water partition coefficient (Wildman–Crippen LogP) is -1.24. The standard InChI is InChI=1S/C6H9N5O2S/c1-11-5-8-10-6(11)4-9-14(12,13)3-2-7/h5,9H,3-4H2,1H3. The molecule has 0 atom stereocenters. The van der Waals surface area contributed by atoms with Gasteiger partial charge in [0.25, 0.3) is 0 Å². The fraction of sp³-hybridized carbons (Fsp3) is 0.500. The summed E-state index contributed by atoms with van der Waals surface area (Å²) in [5.74, 6) is -0.0586. The van der Waals surface area contributed by atoms with E-state index in [1.54, 1.807) is 17.7 Å². The molecule has 0 fully saturated rings. The highest BCUT2D eigenvalue weighted by Gasteiger charge is 2.10. The van der Waals surface area contributed by atoms with Gasteiger partial charge in [-0.25, -0.2) is 13.1 Å². The maximum atomic E-state index is 11.0. The normalized spacial score (nSPS) is 11.1. The number of aromatic nitrogens is 3. The lowest BCUT2D eigenvalue weighted by Crippen LogP contribution is -2.26. The van der Waals surface area contributed by atoms with Gasteiger partial charge >= 0.3 is 0 Å². The lowest BCUT2D eigenvalue weighted by atomic mass is 10.6. The first-order valence-electron chi connectivity index (χ1n) is 3.72. The molecule has 1 rings (SSSR count). The molecule has 0 amide bonds. The molecule has 14 heavy (non-hydrogen) atoms. The molecule has 0 spiro atoms. The highest BCUT2D eigenvalue weighted by Crippen LogP contribution is 1.92. The molecule has 0 aliphatic heterocycles. The molecule has 8 heteroatoms. The summed E-state index contributed by atoms with van der Waals surface area (Å²) in [6.45, 7) is 0.0422. The molecule has 0 aromatic carbocycles. The van der Waals surface area contributed by atoms with Crippen LogP contribution < -0.4 is 4.72 Å². The molecule has 0 saturated heterocycles. The lowest BCUT2D eigenvalue weighted by molar-refractivity contribution is 0.581. The van der Waals surface area contributed by atoms with E-state index in [2.05, 4.69) is 14.9 Å². The van der Waals surface area contributed by atoms with Gasteiger partial charge < -0.3 is 4.57 Å². The van der Waals surface area contributed by atoms with Crippen molar-refractivity contribution in [3.63, 3.8) is 0 Å². The Morgan fingerprint density at radius 2 is 2.43 bits per heavy atom. The van der Waals surface area contributed by atoms with Crippen molar-refractivity contribution in [1.82, 2.24) is 19.5 Å². The summed E-state index contributed by atoms with van der Waals surface area (Å²) in [7, 11) is -1.81. The van der Waals surface area contributed by atoms with Crippen molar-refractivity contribution in [2.45, 2.75) is 6.54 Å². The Balaban J connectivity index is 2.58. The van der Waals surface area contributed by atoms with E-state index < -0.39 is 15.8 Å². The Kier molecular flexibility index (Phi) is 3.16. The third kappa shape index (κ3) is 2.79. The smallest absolute Gasteiger partial charge is 0.225 e. The molecule has 1 aromatic rings. The zero-order valence-electron chi connectivity index (χ0n) is 7.51. The van der Waals surface area contributed by atoms with Crippen molar-refractivity contribution in [1.29, 1.82) is 5.26 Å². The van der Waals surface area contributed by atoms with Crippen molar-refractivity contribution < 1.29 is 8.42 Å². The summed E-state index contributed by atoms with van der Waals surface area (Å²) in [5, 5.41) is 15.5. The summed E-state index contributed by atoms with van der Waals surface area (Å²) < 4.78 is 25.9. The number of nitriles is 1. The van der Waals surface area contributed by atoms with Gasteiger partial charge in [0.1, 0.15) is 12.2 Å². The Hall–Kier alpha value is -1.46. The Morgan fingerprint density at radius 3 is 2.93 bits per heavy atom. The van der Waals surface area contributed by atoms with Crippen LogP contribution in [0.2, 0.25) is 0 Å². The van der Waals surface area contributed by atoms with Gasteiger partial charge in [0.15, 0.2) is 5.75 Å². The van der Waals surface area contributed by atoms with Crippen LogP contribution in [0.3, 0.4) is 0 Å². The minimum Gasteiger partial charge on any atom is -0.320 e. The second-order valence-corrected chi connectivity index (χ2v) is 4.40. The number of nitrogens with one attached hydrogen (secondary N) is 1. The molecule has 7 nitrogen and oxygen atoms in total. The van der Waals surface area contributed by atoms with Gasteiger partial charge in [-0.3, -0.25) is 0 Å². The largest absolute Gasteiger partial charge is 0.320 e. The van der Waals surface area contributed by atoms with E-state index in [0.29, 0.717) is 5.82 Å². The van der Waals surface area contributed by atoms with Crippen LogP contribution in [0.5, 0.6) is 0 Å². The zero-order valence-corrected chi connectivity index (χ0v) is 8.32. The van der Waals surface area contributed by atoms with Gasteiger partial charge in [-0.15, -0.1) is 10.2 Å². The van der Waals surface area contributed by atoms with Crippen LogP contribution in [0.4, 0.5) is 0 Å². The Morgan fingerprint density at radius 1 is 1.71 bits per heavy atom. The number of hydrogen-bond acceptors (Lipinski definition) is 5. The van der Waals surface area contributed by atoms with Crippen molar-refractivity contribution in [3.8, 4) is 6.07 Å². The van der Waals surface area contributed by atoms with E-state index >= 15 is 0 Å². The van der Waals surface area contributed by atoms with Crippen LogP contribution in [0.1, 0.15) is 5.82 Å². The highest BCUT2D eigenvalue weighted by atomic mass is 32.2.